The van der Waals surface area contributed by atoms with Gasteiger partial charge in [0.05, 0.1) is 0 Å². The Morgan fingerprint density at radius 1 is 1.00 bits per heavy atom. The molecule has 1 aromatic carbocycles. The maximum Gasteiger partial charge on any atom is 0.115 e. The molecule has 0 spiro atoms. The molecule has 0 aliphatic carbocycles. The van der Waals surface area contributed by atoms with E-state index < -0.39 is 0 Å². The molecule has 1 aromatic rings. The zero-order chi connectivity index (χ0) is 5.11. The normalized spacial score (nSPS) is 7.50. The monoisotopic (exact) mass is 158 g/mol. The standard InChI is InChI=1S/C6H6O.Zn/c7-6-4-2-1-3-5-6;/h1-5,7H;. The van der Waals surface area contributed by atoms with Gasteiger partial charge in [-0.05, 0) is 12.1 Å². The fourth-order valence-electron chi connectivity index (χ4n) is 0.428. The van der Waals surface area contributed by atoms with Gasteiger partial charge in [-0.2, -0.15) is 0 Å². The molecule has 1 rings (SSSR count). The smallest absolute Gasteiger partial charge is 0.115 e. The van der Waals surface area contributed by atoms with Crippen LogP contribution in [0.4, 0.5) is 0 Å². The summed E-state index contributed by atoms with van der Waals surface area (Å²) in [5.41, 5.74) is 0. The van der Waals surface area contributed by atoms with Crippen LogP contribution in [0.15, 0.2) is 30.3 Å². The molecular formula is C6H6OZn. The van der Waals surface area contributed by atoms with Gasteiger partial charge in [0.15, 0.2) is 0 Å². The van der Waals surface area contributed by atoms with Gasteiger partial charge in [-0.3, -0.25) is 0 Å². The van der Waals surface area contributed by atoms with E-state index in [1.54, 1.807) is 24.3 Å². The number of benzene rings is 1. The number of phenolic OH excluding ortho intramolecular Hbond substituents is 1. The third-order valence-corrected chi connectivity index (χ3v) is 0.756. The molecule has 0 radical (unpaired) electrons. The van der Waals surface area contributed by atoms with Gasteiger partial charge in [0.25, 0.3) is 0 Å². The summed E-state index contributed by atoms with van der Waals surface area (Å²) in [5.74, 6) is 0.322. The summed E-state index contributed by atoms with van der Waals surface area (Å²) >= 11 is 0. The number of para-hydroxylation sites is 1. The summed E-state index contributed by atoms with van der Waals surface area (Å²) in [6, 6.07) is 8.71. The summed E-state index contributed by atoms with van der Waals surface area (Å²) in [4.78, 5) is 0. The molecule has 1 N–H and O–H groups in total. The zero-order valence-corrected chi connectivity index (χ0v) is 7.51. The minimum absolute atomic E-state index is 0. The second-order valence-electron chi connectivity index (χ2n) is 1.34. The first-order valence-corrected chi connectivity index (χ1v) is 2.13. The van der Waals surface area contributed by atoms with E-state index >= 15 is 0 Å². The van der Waals surface area contributed by atoms with Crippen molar-refractivity contribution >= 4 is 0 Å². The quantitative estimate of drug-likeness (QED) is 0.567. The molecule has 8 heavy (non-hydrogen) atoms. The Kier molecular flexibility index (Phi) is 3.46. The maximum absolute atomic E-state index is 8.63. The topological polar surface area (TPSA) is 20.2 Å². The molecule has 0 aliphatic rings. The molecule has 0 atom stereocenters. The van der Waals surface area contributed by atoms with Gasteiger partial charge in [0.2, 0.25) is 0 Å². The van der Waals surface area contributed by atoms with Gasteiger partial charge < -0.3 is 5.11 Å². The van der Waals surface area contributed by atoms with Gasteiger partial charge in [-0.25, -0.2) is 0 Å². The van der Waals surface area contributed by atoms with E-state index in [9.17, 15) is 0 Å². The Balaban J connectivity index is 0.000000490. The van der Waals surface area contributed by atoms with E-state index in [1.165, 1.54) is 0 Å². The molecule has 0 aromatic heterocycles. The van der Waals surface area contributed by atoms with Gasteiger partial charge in [0, 0.05) is 19.5 Å². The fourth-order valence-corrected chi connectivity index (χ4v) is 0.428. The SMILES string of the molecule is Oc1ccccc1.[Zn]. The van der Waals surface area contributed by atoms with Crippen LogP contribution in [0.3, 0.4) is 0 Å². The largest absolute Gasteiger partial charge is 0.508 e. The molecule has 0 fully saturated rings. The van der Waals surface area contributed by atoms with Crippen molar-refractivity contribution in [3.63, 3.8) is 0 Å². The van der Waals surface area contributed by atoms with Crippen LogP contribution < -0.4 is 0 Å². The predicted octanol–water partition coefficient (Wildman–Crippen LogP) is 1.39. The van der Waals surface area contributed by atoms with E-state index in [0.29, 0.717) is 5.75 Å². The molecule has 0 unspecified atom stereocenters. The second-order valence-corrected chi connectivity index (χ2v) is 1.34. The second kappa shape index (κ2) is 3.62. The minimum atomic E-state index is 0. The molecular weight excluding hydrogens is 153 g/mol. The van der Waals surface area contributed by atoms with Crippen LogP contribution in [-0.2, 0) is 19.5 Å². The average Bonchev–Trinajstić information content (AvgIpc) is 1.69. The Labute approximate surface area is 61.1 Å². The van der Waals surface area contributed by atoms with Crippen LogP contribution in [0, 0.1) is 0 Å². The van der Waals surface area contributed by atoms with Crippen LogP contribution in [0.1, 0.15) is 0 Å². The Bertz CT molecular complexity index is 138. The summed E-state index contributed by atoms with van der Waals surface area (Å²) in [7, 11) is 0. The van der Waals surface area contributed by atoms with E-state index in [4.69, 9.17) is 5.11 Å². The van der Waals surface area contributed by atoms with E-state index in [0.717, 1.165) is 0 Å². The molecule has 0 amide bonds. The molecule has 0 saturated carbocycles. The van der Waals surface area contributed by atoms with Crippen LogP contribution in [0.2, 0.25) is 0 Å². The van der Waals surface area contributed by atoms with Crippen LogP contribution >= 0.6 is 0 Å². The first-order chi connectivity index (χ1) is 3.39. The number of aromatic hydroxyl groups is 1. The van der Waals surface area contributed by atoms with Gasteiger partial charge in [0.1, 0.15) is 5.75 Å². The molecule has 38 valence electrons. The van der Waals surface area contributed by atoms with Crippen molar-refractivity contribution in [2.24, 2.45) is 0 Å². The van der Waals surface area contributed by atoms with Gasteiger partial charge in [-0.15, -0.1) is 0 Å². The summed E-state index contributed by atoms with van der Waals surface area (Å²) in [6.07, 6.45) is 0. The average molecular weight is 160 g/mol. The molecule has 0 aliphatic heterocycles. The molecule has 0 bridgehead atoms. The van der Waals surface area contributed by atoms with Crippen LogP contribution in [-0.4, -0.2) is 5.11 Å². The van der Waals surface area contributed by atoms with Crippen LogP contribution in [0.25, 0.3) is 0 Å². The molecule has 0 saturated heterocycles. The van der Waals surface area contributed by atoms with Crippen molar-refractivity contribution in [3.8, 4) is 5.75 Å². The molecule has 0 heterocycles. The first-order valence-electron chi connectivity index (χ1n) is 2.13. The summed E-state index contributed by atoms with van der Waals surface area (Å²) in [6.45, 7) is 0. The van der Waals surface area contributed by atoms with Crippen molar-refractivity contribution in [2.45, 2.75) is 0 Å². The predicted molar refractivity (Wildman–Crippen MR) is 28.1 cm³/mol. The number of hydrogen-bond acceptors (Lipinski definition) is 1. The zero-order valence-electron chi connectivity index (χ0n) is 4.54. The van der Waals surface area contributed by atoms with Crippen molar-refractivity contribution in [3.05, 3.63) is 30.3 Å². The van der Waals surface area contributed by atoms with Crippen molar-refractivity contribution in [1.29, 1.82) is 0 Å². The molecule has 2 heteroatoms. The first kappa shape index (κ1) is 7.64. The summed E-state index contributed by atoms with van der Waals surface area (Å²) < 4.78 is 0. The fraction of sp³-hybridized carbons (Fsp3) is 0. The number of phenols is 1. The Hall–Kier alpha value is -0.357. The molecule has 1 nitrogen and oxygen atoms in total. The van der Waals surface area contributed by atoms with Crippen molar-refractivity contribution in [1.82, 2.24) is 0 Å². The van der Waals surface area contributed by atoms with Gasteiger partial charge >= 0.3 is 0 Å². The number of hydrogen-bond donors (Lipinski definition) is 1. The van der Waals surface area contributed by atoms with Crippen LogP contribution in [0.5, 0.6) is 5.75 Å². The Morgan fingerprint density at radius 3 is 1.75 bits per heavy atom. The minimum Gasteiger partial charge on any atom is -0.508 e. The maximum atomic E-state index is 8.63. The van der Waals surface area contributed by atoms with Crippen molar-refractivity contribution in [2.75, 3.05) is 0 Å². The van der Waals surface area contributed by atoms with Crippen molar-refractivity contribution < 1.29 is 24.6 Å². The third kappa shape index (κ3) is 2.08. The Morgan fingerprint density at radius 2 is 1.50 bits per heavy atom. The van der Waals surface area contributed by atoms with E-state index in [1.807, 2.05) is 6.07 Å². The third-order valence-electron chi connectivity index (χ3n) is 0.756. The van der Waals surface area contributed by atoms with E-state index in [-0.39, 0.29) is 19.5 Å². The summed E-state index contributed by atoms with van der Waals surface area (Å²) in [5, 5.41) is 8.63. The van der Waals surface area contributed by atoms with E-state index in [2.05, 4.69) is 0 Å². The number of rotatable bonds is 0. The van der Waals surface area contributed by atoms with Gasteiger partial charge in [-0.1, -0.05) is 18.2 Å².